The van der Waals surface area contributed by atoms with E-state index in [2.05, 4.69) is 10.4 Å². The Kier molecular flexibility index (Phi) is 4.37. The average Bonchev–Trinajstić information content (AvgIpc) is 3.48. The number of hydrogen-bond donors (Lipinski definition) is 2. The summed E-state index contributed by atoms with van der Waals surface area (Å²) in [5.41, 5.74) is -2.52. The molecule has 2 aromatic carbocycles. The fourth-order valence-electron chi connectivity index (χ4n) is 3.69. The van der Waals surface area contributed by atoms with Gasteiger partial charge in [0, 0.05) is 11.3 Å². The Balaban J connectivity index is 1.55. The summed E-state index contributed by atoms with van der Waals surface area (Å²) < 4.78 is 21.6. The van der Waals surface area contributed by atoms with Crippen molar-refractivity contribution >= 4 is 34.8 Å². The number of ether oxygens (including phenoxy) is 1. The molecule has 1 aromatic heterocycles. The minimum Gasteiger partial charge on any atom is -0.451 e. The number of benzene rings is 2. The van der Waals surface area contributed by atoms with E-state index in [9.17, 15) is 14.4 Å². The molecule has 160 valence electrons. The van der Waals surface area contributed by atoms with Crippen molar-refractivity contribution in [2.75, 3.05) is 5.32 Å². The molecule has 9 nitrogen and oxygen atoms in total. The number of nitrogens with zero attached hydrogens (tertiary/aromatic N) is 3. The minimum atomic E-state index is -0.931. The number of fused-ring (bicyclic) bond motifs is 2. The van der Waals surface area contributed by atoms with Gasteiger partial charge in [0.05, 0.1) is 21.1 Å². The summed E-state index contributed by atoms with van der Waals surface area (Å²) in [4.78, 5) is 37.8. The van der Waals surface area contributed by atoms with Gasteiger partial charge in [0.25, 0.3) is 5.56 Å². The van der Waals surface area contributed by atoms with E-state index in [-0.39, 0.29) is 38.7 Å². The first-order valence-electron chi connectivity index (χ1n) is 9.20. The fourth-order valence-corrected chi connectivity index (χ4v) is 4.24. The number of rotatable bonds is 3. The van der Waals surface area contributed by atoms with E-state index >= 15 is 4.39 Å². The highest BCUT2D eigenvalue weighted by atomic mass is 35.5. The predicted octanol–water partition coefficient (Wildman–Crippen LogP) is 3.01. The Morgan fingerprint density at radius 1 is 1.19 bits per heavy atom. The highest BCUT2D eigenvalue weighted by Gasteiger charge is 2.58. The van der Waals surface area contributed by atoms with Crippen LogP contribution in [0.3, 0.4) is 0 Å². The molecule has 2 N–H and O–H groups in total. The van der Waals surface area contributed by atoms with Gasteiger partial charge >= 0.3 is 5.69 Å². The summed E-state index contributed by atoms with van der Waals surface area (Å²) >= 11 is 12.5. The van der Waals surface area contributed by atoms with Crippen LogP contribution in [0.5, 0.6) is 11.5 Å². The molecule has 1 fully saturated rings. The highest BCUT2D eigenvalue weighted by molar-refractivity contribution is 6.37. The SMILES string of the molecule is N#Cc1nn(-c2cc(Cl)c(Oc3ccc4c(c3F)C3(CC3)C(=O)N4)c(Cl)c2)c(=O)[nH]c1=O. The standard InChI is InChI=1S/C20H10Cl2FN5O4/c21-9-5-8(28-19(31)26-17(29)12(7-24)27-28)6-10(22)16(9)32-13-2-1-11-14(15(13)23)20(3-4-20)18(30)25-11/h1-2,5-6H,3-4H2,(H,25,30)(H,26,29,31). The van der Waals surface area contributed by atoms with Crippen LogP contribution in [-0.2, 0) is 10.2 Å². The Labute approximate surface area is 188 Å². The number of hydrogen-bond acceptors (Lipinski definition) is 6. The smallest absolute Gasteiger partial charge is 0.349 e. The molecule has 0 atom stereocenters. The van der Waals surface area contributed by atoms with Gasteiger partial charge in [-0.25, -0.2) is 9.18 Å². The third-order valence-corrected chi connectivity index (χ3v) is 5.95. The first kappa shape index (κ1) is 20.2. The fraction of sp³-hybridized carbons (Fsp3) is 0.150. The Morgan fingerprint density at radius 3 is 2.50 bits per heavy atom. The van der Waals surface area contributed by atoms with Crippen molar-refractivity contribution in [3.8, 4) is 23.3 Å². The molecule has 1 aliphatic carbocycles. The summed E-state index contributed by atoms with van der Waals surface area (Å²) in [7, 11) is 0. The van der Waals surface area contributed by atoms with E-state index in [0.29, 0.717) is 18.5 Å². The molecule has 32 heavy (non-hydrogen) atoms. The molecule has 1 aliphatic heterocycles. The molecular weight excluding hydrogens is 464 g/mol. The van der Waals surface area contributed by atoms with Gasteiger partial charge in [-0.3, -0.25) is 14.6 Å². The molecule has 12 heteroatoms. The number of H-pyrrole nitrogens is 1. The Hall–Kier alpha value is -3.68. The molecule has 1 amide bonds. The number of nitriles is 1. The van der Waals surface area contributed by atoms with Gasteiger partial charge in [0.1, 0.15) is 6.07 Å². The van der Waals surface area contributed by atoms with Crippen LogP contribution in [-0.4, -0.2) is 20.7 Å². The zero-order chi connectivity index (χ0) is 22.8. The van der Waals surface area contributed by atoms with Gasteiger partial charge in [0.2, 0.25) is 11.6 Å². The lowest BCUT2D eigenvalue weighted by Gasteiger charge is -2.14. The lowest BCUT2D eigenvalue weighted by atomic mass is 9.97. The maximum Gasteiger partial charge on any atom is 0.349 e. The van der Waals surface area contributed by atoms with Gasteiger partial charge in [-0.1, -0.05) is 23.2 Å². The van der Waals surface area contributed by atoms with Gasteiger partial charge in [-0.2, -0.15) is 9.94 Å². The van der Waals surface area contributed by atoms with Crippen LogP contribution < -0.4 is 21.3 Å². The Morgan fingerprint density at radius 2 is 1.88 bits per heavy atom. The summed E-state index contributed by atoms with van der Waals surface area (Å²) in [6.45, 7) is 0. The van der Waals surface area contributed by atoms with Gasteiger partial charge < -0.3 is 10.1 Å². The van der Waals surface area contributed by atoms with Crippen molar-refractivity contribution in [3.63, 3.8) is 0 Å². The lowest BCUT2D eigenvalue weighted by molar-refractivity contribution is -0.117. The summed E-state index contributed by atoms with van der Waals surface area (Å²) in [5.74, 6) is -1.18. The topological polar surface area (TPSA) is 130 Å². The number of amides is 1. The van der Waals surface area contributed by atoms with E-state index in [1.165, 1.54) is 18.2 Å². The third kappa shape index (κ3) is 2.90. The van der Waals surface area contributed by atoms with Gasteiger partial charge in [-0.15, -0.1) is 5.10 Å². The van der Waals surface area contributed by atoms with Crippen LogP contribution in [0.4, 0.5) is 10.1 Å². The van der Waals surface area contributed by atoms with Crippen molar-refractivity contribution in [2.24, 2.45) is 0 Å². The zero-order valence-electron chi connectivity index (χ0n) is 15.8. The molecule has 2 aliphatic rings. The van der Waals surface area contributed by atoms with E-state index in [4.69, 9.17) is 33.2 Å². The maximum absolute atomic E-state index is 15.2. The molecule has 0 unspecified atom stereocenters. The molecule has 3 aromatic rings. The van der Waals surface area contributed by atoms with Crippen molar-refractivity contribution in [2.45, 2.75) is 18.3 Å². The van der Waals surface area contributed by atoms with E-state index in [1.807, 2.05) is 4.98 Å². The second kappa shape index (κ2) is 6.91. The number of nitrogens with one attached hydrogen (secondary N) is 2. The molecule has 2 heterocycles. The summed E-state index contributed by atoms with van der Waals surface area (Å²) in [6, 6.07) is 6.98. The number of halogens is 3. The molecule has 0 radical (unpaired) electrons. The minimum absolute atomic E-state index is 0.0475. The van der Waals surface area contributed by atoms with Crippen LogP contribution in [0.1, 0.15) is 24.1 Å². The first-order valence-corrected chi connectivity index (χ1v) is 9.96. The van der Waals surface area contributed by atoms with Crippen LogP contribution in [0.2, 0.25) is 10.0 Å². The number of carbonyl (C=O) groups excluding carboxylic acids is 1. The third-order valence-electron chi connectivity index (χ3n) is 5.39. The van der Waals surface area contributed by atoms with Gasteiger partial charge in [-0.05, 0) is 37.1 Å². The van der Waals surface area contributed by atoms with E-state index < -0.39 is 28.2 Å². The van der Waals surface area contributed by atoms with Crippen LogP contribution in [0.15, 0.2) is 33.9 Å². The van der Waals surface area contributed by atoms with Crippen LogP contribution >= 0.6 is 23.2 Å². The first-order chi connectivity index (χ1) is 15.2. The lowest BCUT2D eigenvalue weighted by Crippen LogP contribution is -2.33. The number of aromatic amines is 1. The molecule has 0 saturated heterocycles. The predicted molar refractivity (Wildman–Crippen MR) is 111 cm³/mol. The number of carbonyl (C=O) groups is 1. The van der Waals surface area contributed by atoms with Crippen LogP contribution in [0, 0.1) is 17.1 Å². The van der Waals surface area contributed by atoms with E-state index in [0.717, 1.165) is 4.68 Å². The second-order valence-corrected chi connectivity index (χ2v) is 8.12. The average molecular weight is 474 g/mol. The highest BCUT2D eigenvalue weighted by Crippen LogP contribution is 2.57. The number of aromatic nitrogens is 3. The van der Waals surface area contributed by atoms with Gasteiger partial charge in [0.15, 0.2) is 17.3 Å². The normalized spacial score (nSPS) is 15.2. The van der Waals surface area contributed by atoms with E-state index in [1.54, 1.807) is 12.1 Å². The number of anilines is 1. The second-order valence-electron chi connectivity index (χ2n) is 7.31. The zero-order valence-corrected chi connectivity index (χ0v) is 17.3. The monoisotopic (exact) mass is 473 g/mol. The largest absolute Gasteiger partial charge is 0.451 e. The summed E-state index contributed by atoms with van der Waals surface area (Å²) in [6.07, 6.45) is 1.10. The molecule has 0 bridgehead atoms. The quantitative estimate of drug-likeness (QED) is 0.601. The maximum atomic E-state index is 15.2. The molecule has 1 saturated carbocycles. The summed E-state index contributed by atoms with van der Waals surface area (Å²) in [5, 5.41) is 15.2. The van der Waals surface area contributed by atoms with Crippen molar-refractivity contribution < 1.29 is 13.9 Å². The molecule has 1 spiro atoms. The van der Waals surface area contributed by atoms with Crippen LogP contribution in [0.25, 0.3) is 5.69 Å². The Bertz CT molecular complexity index is 1480. The molecule has 5 rings (SSSR count). The molecular formula is C20H10Cl2FN5O4. The van der Waals surface area contributed by atoms with Crippen molar-refractivity contribution in [1.82, 2.24) is 14.8 Å². The van der Waals surface area contributed by atoms with Crippen molar-refractivity contribution in [1.29, 1.82) is 5.26 Å². The van der Waals surface area contributed by atoms with Crippen molar-refractivity contribution in [3.05, 3.63) is 72.2 Å².